The Morgan fingerprint density at radius 2 is 1.88 bits per heavy atom. The summed E-state index contributed by atoms with van der Waals surface area (Å²) < 4.78 is 18.2. The number of likely N-dealkylation sites (tertiary alicyclic amines) is 1. The third-order valence-corrected chi connectivity index (χ3v) is 8.77. The molecule has 0 aliphatic carbocycles. The van der Waals surface area contributed by atoms with Gasteiger partial charge in [-0.05, 0) is 56.9 Å². The van der Waals surface area contributed by atoms with Gasteiger partial charge in [0.2, 0.25) is 12.2 Å². The van der Waals surface area contributed by atoms with Gasteiger partial charge in [-0.3, -0.25) is 9.59 Å². The van der Waals surface area contributed by atoms with Gasteiger partial charge in [0, 0.05) is 54.8 Å². The summed E-state index contributed by atoms with van der Waals surface area (Å²) in [7, 11) is 0. The van der Waals surface area contributed by atoms with Crippen LogP contribution in [0.5, 0.6) is 0 Å². The summed E-state index contributed by atoms with van der Waals surface area (Å²) in [5.74, 6) is -0.236. The van der Waals surface area contributed by atoms with Crippen molar-refractivity contribution < 1.29 is 28.6 Å². The summed E-state index contributed by atoms with van der Waals surface area (Å²) in [5.41, 5.74) is 2.07. The second-order valence-electron chi connectivity index (χ2n) is 11.0. The van der Waals surface area contributed by atoms with Crippen LogP contribution in [0.25, 0.3) is 11.0 Å². The molecule has 4 heterocycles. The number of hydrogen-bond acceptors (Lipinski definition) is 7. The summed E-state index contributed by atoms with van der Waals surface area (Å²) >= 11 is 0. The topological polar surface area (TPSA) is 104 Å². The third-order valence-electron chi connectivity index (χ3n) is 8.77. The van der Waals surface area contributed by atoms with Crippen LogP contribution in [-0.2, 0) is 19.1 Å². The van der Waals surface area contributed by atoms with E-state index in [0.29, 0.717) is 52.0 Å². The molecule has 0 radical (unpaired) electrons. The Bertz CT molecular complexity index is 1410. The van der Waals surface area contributed by atoms with Gasteiger partial charge in [0.25, 0.3) is 5.91 Å². The highest BCUT2D eigenvalue weighted by atomic mass is 16.7. The molecule has 0 unspecified atom stereocenters. The number of furan rings is 1. The molecule has 0 saturated carbocycles. The first kappa shape index (κ1) is 27.4. The lowest BCUT2D eigenvalue weighted by Gasteiger charge is -2.44. The fraction of sp³-hybridized carbons (Fsp3) is 0.438. The number of carbonyl (C=O) groups is 2. The lowest BCUT2D eigenvalue weighted by Crippen LogP contribution is -2.57. The van der Waals surface area contributed by atoms with Crippen molar-refractivity contribution in [1.29, 1.82) is 0 Å². The summed E-state index contributed by atoms with van der Waals surface area (Å²) in [6.45, 7) is 3.72. The van der Waals surface area contributed by atoms with E-state index in [-0.39, 0.29) is 36.0 Å². The molecule has 2 amide bonds. The SMILES string of the molecule is CCO[C@H]1OC(C(=O)N2CCC3(CC2)C(=O)NCN3c2ccccc2)=C[C@@H](c2coc3ccccc23)[C@@H]1CCCO. The van der Waals surface area contributed by atoms with Crippen LogP contribution in [0.2, 0.25) is 0 Å². The molecule has 3 aliphatic rings. The Balaban J connectivity index is 1.27. The number of ether oxygens (including phenoxy) is 2. The summed E-state index contributed by atoms with van der Waals surface area (Å²) in [6, 6.07) is 17.8. The fourth-order valence-corrected chi connectivity index (χ4v) is 6.64. The molecule has 41 heavy (non-hydrogen) atoms. The number of allylic oxidation sites excluding steroid dienone is 1. The van der Waals surface area contributed by atoms with Crippen molar-refractivity contribution in [3.63, 3.8) is 0 Å². The van der Waals surface area contributed by atoms with Crippen molar-refractivity contribution in [2.75, 3.05) is 37.9 Å². The molecule has 2 N–H and O–H groups in total. The number of nitrogens with zero attached hydrogens (tertiary/aromatic N) is 2. The highest BCUT2D eigenvalue weighted by Gasteiger charge is 2.51. The highest BCUT2D eigenvalue weighted by Crippen LogP contribution is 2.43. The first-order valence-corrected chi connectivity index (χ1v) is 14.5. The average molecular weight is 560 g/mol. The van der Waals surface area contributed by atoms with E-state index in [1.807, 2.05) is 67.6 Å². The number of rotatable bonds is 8. The van der Waals surface area contributed by atoms with E-state index in [0.717, 1.165) is 22.2 Å². The van der Waals surface area contributed by atoms with Gasteiger partial charge in [-0.2, -0.15) is 0 Å². The second-order valence-corrected chi connectivity index (χ2v) is 11.0. The molecule has 9 nitrogen and oxygen atoms in total. The van der Waals surface area contributed by atoms with E-state index in [9.17, 15) is 14.7 Å². The number of fused-ring (bicyclic) bond motifs is 1. The number of aliphatic hydroxyl groups is 1. The molecule has 1 aromatic heterocycles. The van der Waals surface area contributed by atoms with Crippen LogP contribution in [0.3, 0.4) is 0 Å². The van der Waals surface area contributed by atoms with E-state index in [1.165, 1.54) is 0 Å². The smallest absolute Gasteiger partial charge is 0.288 e. The number of para-hydroxylation sites is 2. The summed E-state index contributed by atoms with van der Waals surface area (Å²) in [4.78, 5) is 30.9. The molecular formula is C32H37N3O6. The largest absolute Gasteiger partial charge is 0.464 e. The number of anilines is 1. The van der Waals surface area contributed by atoms with E-state index in [4.69, 9.17) is 13.9 Å². The predicted octanol–water partition coefficient (Wildman–Crippen LogP) is 4.14. The van der Waals surface area contributed by atoms with Gasteiger partial charge in [0.05, 0.1) is 12.9 Å². The number of benzene rings is 2. The van der Waals surface area contributed by atoms with Gasteiger partial charge >= 0.3 is 0 Å². The summed E-state index contributed by atoms with van der Waals surface area (Å²) in [5, 5.41) is 13.6. The number of carbonyl (C=O) groups excluding carboxylic acids is 2. The normalized spacial score (nSPS) is 23.9. The lowest BCUT2D eigenvalue weighted by atomic mass is 9.80. The van der Waals surface area contributed by atoms with Crippen molar-refractivity contribution in [3.8, 4) is 0 Å². The van der Waals surface area contributed by atoms with Gasteiger partial charge in [-0.1, -0.05) is 36.4 Å². The Hall–Kier alpha value is -3.82. The van der Waals surface area contributed by atoms with Crippen LogP contribution in [-0.4, -0.2) is 66.6 Å². The standard InChI is InChI=1S/C32H37N3O6/c1-2-39-30-24(12-8-18-36)25(26-20-40-27-13-7-6-11-23(26)27)19-28(41-30)29(37)34-16-14-32(15-17-34)31(38)33-21-35(32)22-9-4-3-5-10-22/h3-7,9-11,13,19-20,24-25,30,36H,2,8,12,14-18,21H2,1H3,(H,33,38)/t24-,25+,30-/m0/s1. The molecule has 3 atom stereocenters. The highest BCUT2D eigenvalue weighted by molar-refractivity contribution is 5.95. The predicted molar refractivity (Wildman–Crippen MR) is 154 cm³/mol. The number of piperidine rings is 1. The zero-order chi connectivity index (χ0) is 28.4. The third kappa shape index (κ3) is 4.97. The maximum absolute atomic E-state index is 13.9. The monoisotopic (exact) mass is 559 g/mol. The van der Waals surface area contributed by atoms with Crippen molar-refractivity contribution >= 4 is 28.5 Å². The molecule has 2 saturated heterocycles. The molecule has 2 fully saturated rings. The molecule has 216 valence electrons. The minimum absolute atomic E-state index is 0.0108. The molecule has 3 aliphatic heterocycles. The average Bonchev–Trinajstić information content (AvgIpc) is 3.58. The second kappa shape index (κ2) is 11.6. The fourth-order valence-electron chi connectivity index (χ4n) is 6.64. The van der Waals surface area contributed by atoms with Crippen molar-refractivity contribution in [2.45, 2.75) is 50.4 Å². The zero-order valence-corrected chi connectivity index (χ0v) is 23.3. The zero-order valence-electron chi connectivity index (χ0n) is 23.3. The Morgan fingerprint density at radius 1 is 1.12 bits per heavy atom. The van der Waals surface area contributed by atoms with Gasteiger partial charge < -0.3 is 34.1 Å². The maximum Gasteiger partial charge on any atom is 0.288 e. The van der Waals surface area contributed by atoms with Gasteiger partial charge in [-0.15, -0.1) is 0 Å². The maximum atomic E-state index is 13.9. The summed E-state index contributed by atoms with van der Waals surface area (Å²) in [6.07, 6.45) is 5.33. The van der Waals surface area contributed by atoms with E-state index in [1.54, 1.807) is 11.2 Å². The first-order chi connectivity index (χ1) is 20.1. The number of nitrogens with one attached hydrogen (secondary N) is 1. The van der Waals surface area contributed by atoms with Crippen molar-refractivity contribution in [1.82, 2.24) is 10.2 Å². The van der Waals surface area contributed by atoms with E-state index >= 15 is 0 Å². The van der Waals surface area contributed by atoms with Crippen molar-refractivity contribution in [3.05, 3.63) is 78.3 Å². The Morgan fingerprint density at radius 3 is 2.63 bits per heavy atom. The number of aliphatic hydroxyl groups excluding tert-OH is 1. The van der Waals surface area contributed by atoms with E-state index < -0.39 is 11.8 Å². The molecular weight excluding hydrogens is 522 g/mol. The van der Waals surface area contributed by atoms with E-state index in [2.05, 4.69) is 10.2 Å². The van der Waals surface area contributed by atoms with Crippen LogP contribution in [0, 0.1) is 5.92 Å². The Labute approximate surface area is 239 Å². The van der Waals surface area contributed by atoms with Gasteiger partial charge in [-0.25, -0.2) is 0 Å². The van der Waals surface area contributed by atoms with Crippen LogP contribution >= 0.6 is 0 Å². The van der Waals surface area contributed by atoms with Crippen LogP contribution in [0.4, 0.5) is 5.69 Å². The molecule has 1 spiro atoms. The van der Waals surface area contributed by atoms with Crippen LogP contribution < -0.4 is 10.2 Å². The van der Waals surface area contributed by atoms with Crippen molar-refractivity contribution in [2.24, 2.45) is 5.92 Å². The molecule has 3 aromatic rings. The molecule has 0 bridgehead atoms. The van der Waals surface area contributed by atoms with Gasteiger partial charge in [0.1, 0.15) is 11.1 Å². The van der Waals surface area contributed by atoms with Crippen LogP contribution in [0.1, 0.15) is 44.1 Å². The quantitative estimate of drug-likeness (QED) is 0.428. The Kier molecular flexibility index (Phi) is 7.73. The molecule has 9 heteroatoms. The molecule has 6 rings (SSSR count). The minimum atomic E-state index is -0.679. The molecule has 2 aromatic carbocycles. The van der Waals surface area contributed by atoms with Gasteiger partial charge in [0.15, 0.2) is 5.76 Å². The minimum Gasteiger partial charge on any atom is -0.464 e. The lowest BCUT2D eigenvalue weighted by molar-refractivity contribution is -0.171. The number of hydrogen-bond donors (Lipinski definition) is 2. The van der Waals surface area contributed by atoms with Crippen LogP contribution in [0.15, 0.2) is 77.1 Å². The number of amides is 2. The first-order valence-electron chi connectivity index (χ1n) is 14.5.